The molecule has 25 heavy (non-hydrogen) atoms. The van der Waals surface area contributed by atoms with E-state index in [0.717, 1.165) is 5.69 Å². The lowest BCUT2D eigenvalue weighted by molar-refractivity contribution is -0.142. The molecule has 0 unspecified atom stereocenters. The number of anilines is 1. The molecule has 0 bridgehead atoms. The number of rotatable bonds is 5. The predicted molar refractivity (Wildman–Crippen MR) is 100.0 cm³/mol. The van der Waals surface area contributed by atoms with Crippen molar-refractivity contribution in [1.29, 1.82) is 0 Å². The highest BCUT2D eigenvalue weighted by molar-refractivity contribution is 9.10. The molecule has 1 aromatic heterocycles. The quantitative estimate of drug-likeness (QED) is 0.492. The van der Waals surface area contributed by atoms with Crippen molar-refractivity contribution in [3.05, 3.63) is 45.1 Å². The number of halogens is 5. The van der Waals surface area contributed by atoms with Gasteiger partial charge in [0.2, 0.25) is 0 Å². The number of hydrogen-bond donors (Lipinski definition) is 2. The van der Waals surface area contributed by atoms with E-state index in [1.807, 2.05) is 0 Å². The number of aryl methyl sites for hydroxylation is 1. The monoisotopic (exact) mass is 454 g/mol. The Morgan fingerprint density at radius 2 is 1.96 bits per heavy atom. The molecule has 0 fully saturated rings. The summed E-state index contributed by atoms with van der Waals surface area (Å²) in [7, 11) is 0. The third-order valence-corrected chi connectivity index (χ3v) is 4.78. The molecule has 4 nitrogen and oxygen atoms in total. The number of aromatic nitrogens is 2. The minimum absolute atomic E-state index is 0.0205. The lowest BCUT2D eigenvalue weighted by atomic mass is 10.3. The molecule has 0 aliphatic rings. The van der Waals surface area contributed by atoms with Crippen molar-refractivity contribution in [2.24, 2.45) is 0 Å². The number of benzene rings is 1. The van der Waals surface area contributed by atoms with Crippen molar-refractivity contribution < 1.29 is 13.2 Å². The lowest BCUT2D eigenvalue weighted by Crippen LogP contribution is -2.29. The summed E-state index contributed by atoms with van der Waals surface area (Å²) in [5, 5.41) is 10.7. The molecule has 2 aromatic rings. The Hall–Kier alpha value is -1.32. The first-order valence-corrected chi connectivity index (χ1v) is 8.87. The van der Waals surface area contributed by atoms with E-state index in [0.29, 0.717) is 35.3 Å². The molecule has 1 aromatic carbocycles. The van der Waals surface area contributed by atoms with Crippen molar-refractivity contribution in [2.75, 3.05) is 11.9 Å². The Morgan fingerprint density at radius 1 is 1.32 bits per heavy atom. The van der Waals surface area contributed by atoms with Crippen molar-refractivity contribution in [3.63, 3.8) is 0 Å². The SMILES string of the molecule is Cc1c(Br)c(C(F)(F)F)nn1CCCNC(=S)Nc1ccc(Cl)cc1. The van der Waals surface area contributed by atoms with Crippen molar-refractivity contribution in [1.82, 2.24) is 15.1 Å². The van der Waals surface area contributed by atoms with Gasteiger partial charge in [0, 0.05) is 23.8 Å². The largest absolute Gasteiger partial charge is 0.436 e. The maximum atomic E-state index is 12.8. The van der Waals surface area contributed by atoms with Gasteiger partial charge in [-0.3, -0.25) is 4.68 Å². The molecular formula is C15H15BrClF3N4S. The first-order chi connectivity index (χ1) is 11.7. The van der Waals surface area contributed by atoms with Crippen molar-refractivity contribution >= 4 is 50.5 Å². The van der Waals surface area contributed by atoms with E-state index in [2.05, 4.69) is 31.7 Å². The third kappa shape index (κ3) is 5.58. The van der Waals surface area contributed by atoms with Gasteiger partial charge in [-0.1, -0.05) is 11.6 Å². The van der Waals surface area contributed by atoms with E-state index < -0.39 is 11.9 Å². The van der Waals surface area contributed by atoms with E-state index in [4.69, 9.17) is 23.8 Å². The molecule has 2 rings (SSSR count). The lowest BCUT2D eigenvalue weighted by Gasteiger charge is -2.11. The number of nitrogens with zero attached hydrogens (tertiary/aromatic N) is 2. The first kappa shape index (κ1) is 20.0. The zero-order chi connectivity index (χ0) is 18.6. The maximum absolute atomic E-state index is 12.8. The van der Waals surface area contributed by atoms with Crippen LogP contribution in [0.5, 0.6) is 0 Å². The van der Waals surface area contributed by atoms with Gasteiger partial charge in [-0.2, -0.15) is 18.3 Å². The minimum atomic E-state index is -4.48. The molecule has 0 aliphatic heterocycles. The summed E-state index contributed by atoms with van der Waals surface area (Å²) >= 11 is 13.9. The summed E-state index contributed by atoms with van der Waals surface area (Å²) in [5.41, 5.74) is 0.329. The third-order valence-electron chi connectivity index (χ3n) is 3.34. The fraction of sp³-hybridized carbons (Fsp3) is 0.333. The van der Waals surface area contributed by atoms with Crippen LogP contribution < -0.4 is 10.6 Å². The summed E-state index contributed by atoms with van der Waals surface area (Å²) in [6.07, 6.45) is -3.91. The second-order valence-corrected chi connectivity index (χ2v) is 6.85. The fourth-order valence-electron chi connectivity index (χ4n) is 2.06. The van der Waals surface area contributed by atoms with Gasteiger partial charge in [0.25, 0.3) is 0 Å². The van der Waals surface area contributed by atoms with E-state index in [9.17, 15) is 13.2 Å². The Kier molecular flexibility index (Phi) is 6.70. The van der Waals surface area contributed by atoms with E-state index in [1.54, 1.807) is 31.2 Å². The molecule has 0 amide bonds. The first-order valence-electron chi connectivity index (χ1n) is 7.29. The molecular weight excluding hydrogens is 441 g/mol. The van der Waals surface area contributed by atoms with Crippen LogP contribution in [0.4, 0.5) is 18.9 Å². The molecule has 0 saturated heterocycles. The van der Waals surface area contributed by atoms with Crippen LogP contribution >= 0.6 is 39.7 Å². The van der Waals surface area contributed by atoms with Crippen LogP contribution in [0.15, 0.2) is 28.7 Å². The molecule has 0 saturated carbocycles. The zero-order valence-corrected chi connectivity index (χ0v) is 16.3. The van der Waals surface area contributed by atoms with Crippen LogP contribution in [-0.2, 0) is 12.7 Å². The Morgan fingerprint density at radius 3 is 2.52 bits per heavy atom. The van der Waals surface area contributed by atoms with Crippen LogP contribution in [-0.4, -0.2) is 21.4 Å². The Bertz CT molecular complexity index is 746. The summed E-state index contributed by atoms with van der Waals surface area (Å²) < 4.78 is 39.8. The summed E-state index contributed by atoms with van der Waals surface area (Å²) in [4.78, 5) is 0. The maximum Gasteiger partial charge on any atom is 0.436 e. The van der Waals surface area contributed by atoms with Gasteiger partial charge in [0.05, 0.1) is 10.2 Å². The van der Waals surface area contributed by atoms with Gasteiger partial charge in [-0.25, -0.2) is 0 Å². The average molecular weight is 456 g/mol. The minimum Gasteiger partial charge on any atom is -0.362 e. The van der Waals surface area contributed by atoms with E-state index in [1.165, 1.54) is 4.68 Å². The molecule has 2 N–H and O–H groups in total. The number of hydrogen-bond acceptors (Lipinski definition) is 2. The van der Waals surface area contributed by atoms with Crippen molar-refractivity contribution in [3.8, 4) is 0 Å². The van der Waals surface area contributed by atoms with Crippen LogP contribution in [0.25, 0.3) is 0 Å². The number of nitrogens with one attached hydrogen (secondary N) is 2. The van der Waals surface area contributed by atoms with Gasteiger partial charge in [-0.05, 0) is 65.8 Å². The number of alkyl halides is 3. The van der Waals surface area contributed by atoms with Gasteiger partial charge in [-0.15, -0.1) is 0 Å². The molecule has 0 spiro atoms. The molecule has 10 heteroatoms. The normalized spacial score (nSPS) is 11.4. The standard InChI is InChI=1S/C15H15BrClF3N4S/c1-9-12(16)13(15(18,19)20)23-24(9)8-2-7-21-14(25)22-11-5-3-10(17)4-6-11/h3-6H,2,7-8H2,1H3,(H2,21,22,25). The summed E-state index contributed by atoms with van der Waals surface area (Å²) in [6.45, 7) is 2.43. The number of thiocarbonyl (C=S) groups is 1. The predicted octanol–water partition coefficient (Wildman–Crippen LogP) is 5.00. The van der Waals surface area contributed by atoms with Crippen LogP contribution in [0.3, 0.4) is 0 Å². The highest BCUT2D eigenvalue weighted by atomic mass is 79.9. The fourth-order valence-corrected chi connectivity index (χ4v) is 2.92. The molecule has 0 atom stereocenters. The topological polar surface area (TPSA) is 41.9 Å². The Balaban J connectivity index is 1.81. The molecule has 0 aliphatic carbocycles. The van der Waals surface area contributed by atoms with Gasteiger partial charge in [0.15, 0.2) is 10.8 Å². The van der Waals surface area contributed by atoms with Gasteiger partial charge >= 0.3 is 6.18 Å². The second-order valence-electron chi connectivity index (χ2n) is 5.21. The summed E-state index contributed by atoms with van der Waals surface area (Å²) in [6, 6.07) is 7.06. The van der Waals surface area contributed by atoms with Crippen LogP contribution in [0.2, 0.25) is 5.02 Å². The van der Waals surface area contributed by atoms with Crippen molar-refractivity contribution in [2.45, 2.75) is 26.1 Å². The summed E-state index contributed by atoms with van der Waals surface area (Å²) in [5.74, 6) is 0. The average Bonchev–Trinajstić information content (AvgIpc) is 2.82. The second kappa shape index (κ2) is 8.37. The highest BCUT2D eigenvalue weighted by Gasteiger charge is 2.37. The van der Waals surface area contributed by atoms with E-state index >= 15 is 0 Å². The molecule has 0 radical (unpaired) electrons. The Labute approximate surface area is 161 Å². The highest BCUT2D eigenvalue weighted by Crippen LogP contribution is 2.35. The van der Waals surface area contributed by atoms with Crippen LogP contribution in [0, 0.1) is 6.92 Å². The molecule has 136 valence electrons. The van der Waals surface area contributed by atoms with E-state index in [-0.39, 0.29) is 4.47 Å². The smallest absolute Gasteiger partial charge is 0.362 e. The van der Waals surface area contributed by atoms with Crippen LogP contribution in [0.1, 0.15) is 17.8 Å². The van der Waals surface area contributed by atoms with Gasteiger partial charge < -0.3 is 10.6 Å². The zero-order valence-electron chi connectivity index (χ0n) is 13.1. The molecule has 1 heterocycles. The van der Waals surface area contributed by atoms with Gasteiger partial charge in [0.1, 0.15) is 0 Å².